The van der Waals surface area contributed by atoms with Crippen LogP contribution in [0.15, 0.2) is 17.7 Å². The van der Waals surface area contributed by atoms with Crippen molar-refractivity contribution in [2.45, 2.75) is 53.6 Å². The normalized spacial score (nSPS) is 15.7. The highest BCUT2D eigenvalue weighted by atomic mass is 15.2. The summed E-state index contributed by atoms with van der Waals surface area (Å²) in [5.41, 5.74) is 5.29. The van der Waals surface area contributed by atoms with Gasteiger partial charge in [0.2, 0.25) is 0 Å². The van der Waals surface area contributed by atoms with E-state index in [2.05, 4.69) is 57.0 Å². The van der Waals surface area contributed by atoms with Crippen molar-refractivity contribution in [2.75, 3.05) is 18.0 Å². The van der Waals surface area contributed by atoms with Gasteiger partial charge in [0.05, 0.1) is 0 Å². The average molecular weight is 273 g/mol. The Bertz CT molecular complexity index is 503. The lowest BCUT2D eigenvalue weighted by atomic mass is 10.1. The van der Waals surface area contributed by atoms with Gasteiger partial charge in [-0.25, -0.2) is 4.98 Å². The van der Waals surface area contributed by atoms with Crippen molar-refractivity contribution in [1.82, 2.24) is 10.3 Å². The number of nitrogens with zero attached hydrogens (tertiary/aromatic N) is 2. The zero-order valence-corrected chi connectivity index (χ0v) is 13.5. The number of nitrogens with one attached hydrogen (secondary N) is 1. The van der Waals surface area contributed by atoms with E-state index in [0.29, 0.717) is 6.04 Å². The largest absolute Gasteiger partial charge is 0.352 e. The van der Waals surface area contributed by atoms with Gasteiger partial charge in [-0.1, -0.05) is 25.5 Å². The molecule has 2 rings (SSSR count). The van der Waals surface area contributed by atoms with Gasteiger partial charge in [-0.15, -0.1) is 0 Å². The number of pyridine rings is 1. The van der Waals surface area contributed by atoms with Crippen molar-refractivity contribution >= 4 is 5.82 Å². The fourth-order valence-corrected chi connectivity index (χ4v) is 2.59. The Labute approximate surface area is 123 Å². The van der Waals surface area contributed by atoms with Crippen LogP contribution in [0.25, 0.3) is 0 Å². The Morgan fingerprint density at radius 1 is 1.30 bits per heavy atom. The van der Waals surface area contributed by atoms with E-state index in [1.165, 1.54) is 22.5 Å². The molecule has 0 unspecified atom stereocenters. The van der Waals surface area contributed by atoms with E-state index >= 15 is 0 Å². The van der Waals surface area contributed by atoms with Gasteiger partial charge in [0, 0.05) is 36.9 Å². The first-order valence-electron chi connectivity index (χ1n) is 7.58. The summed E-state index contributed by atoms with van der Waals surface area (Å²) < 4.78 is 0. The molecule has 0 aliphatic carbocycles. The highest BCUT2D eigenvalue weighted by molar-refractivity contribution is 5.53. The van der Waals surface area contributed by atoms with Crippen molar-refractivity contribution in [1.29, 1.82) is 0 Å². The summed E-state index contributed by atoms with van der Waals surface area (Å²) in [6, 6.07) is 2.68. The molecule has 0 fully saturated rings. The van der Waals surface area contributed by atoms with Crippen LogP contribution in [0.1, 0.15) is 44.0 Å². The minimum absolute atomic E-state index is 0.493. The lowest BCUT2D eigenvalue weighted by molar-refractivity contribution is 0.584. The van der Waals surface area contributed by atoms with Crippen molar-refractivity contribution in [3.05, 3.63) is 34.5 Å². The molecule has 3 heteroatoms. The van der Waals surface area contributed by atoms with E-state index in [0.717, 1.165) is 31.7 Å². The van der Waals surface area contributed by atoms with Crippen LogP contribution in [0.4, 0.5) is 5.82 Å². The SMILES string of the molecule is CC1=CCN(c2nc(C)cc(C)c2CNC(C)C)CC1. The molecule has 2 heterocycles. The monoisotopic (exact) mass is 273 g/mol. The van der Waals surface area contributed by atoms with E-state index in [1.54, 1.807) is 0 Å². The fourth-order valence-electron chi connectivity index (χ4n) is 2.59. The second kappa shape index (κ2) is 6.40. The summed E-state index contributed by atoms with van der Waals surface area (Å²) in [7, 11) is 0. The highest BCUT2D eigenvalue weighted by Gasteiger charge is 2.17. The van der Waals surface area contributed by atoms with E-state index in [9.17, 15) is 0 Å². The lowest BCUT2D eigenvalue weighted by Gasteiger charge is -2.29. The molecule has 20 heavy (non-hydrogen) atoms. The Kier molecular flexibility index (Phi) is 4.81. The van der Waals surface area contributed by atoms with Gasteiger partial charge in [-0.3, -0.25) is 0 Å². The third-order valence-corrected chi connectivity index (χ3v) is 3.88. The summed E-state index contributed by atoms with van der Waals surface area (Å²) >= 11 is 0. The number of rotatable bonds is 4. The number of aryl methyl sites for hydroxylation is 2. The maximum Gasteiger partial charge on any atom is 0.133 e. The summed E-state index contributed by atoms with van der Waals surface area (Å²) in [6.07, 6.45) is 3.47. The third-order valence-electron chi connectivity index (χ3n) is 3.88. The Balaban J connectivity index is 2.30. The Hall–Kier alpha value is -1.35. The fraction of sp³-hybridized carbons (Fsp3) is 0.588. The quantitative estimate of drug-likeness (QED) is 0.853. The van der Waals surface area contributed by atoms with Gasteiger partial charge >= 0.3 is 0 Å². The molecule has 0 amide bonds. The molecule has 110 valence electrons. The molecule has 0 aromatic carbocycles. The lowest BCUT2D eigenvalue weighted by Crippen LogP contribution is -2.32. The standard InChI is InChI=1S/C17H27N3/c1-12(2)18-11-16-14(4)10-15(5)19-17(16)20-8-6-13(3)7-9-20/h6,10,12,18H,7-9,11H2,1-5H3. The number of aromatic nitrogens is 1. The van der Waals surface area contributed by atoms with Gasteiger partial charge in [0.1, 0.15) is 5.82 Å². The molecular weight excluding hydrogens is 246 g/mol. The Morgan fingerprint density at radius 2 is 2.05 bits per heavy atom. The second-order valence-corrected chi connectivity index (χ2v) is 6.16. The summed E-state index contributed by atoms with van der Waals surface area (Å²) in [4.78, 5) is 7.22. The maximum atomic E-state index is 4.82. The summed E-state index contributed by atoms with van der Waals surface area (Å²) in [5.74, 6) is 1.17. The predicted molar refractivity (Wildman–Crippen MR) is 86.3 cm³/mol. The average Bonchev–Trinajstić information content (AvgIpc) is 2.37. The molecule has 1 aliphatic heterocycles. The van der Waals surface area contributed by atoms with Crippen LogP contribution in [0.2, 0.25) is 0 Å². The molecule has 0 saturated heterocycles. The second-order valence-electron chi connectivity index (χ2n) is 6.16. The van der Waals surface area contributed by atoms with Gasteiger partial charge in [0.25, 0.3) is 0 Å². The topological polar surface area (TPSA) is 28.2 Å². The van der Waals surface area contributed by atoms with Crippen LogP contribution >= 0.6 is 0 Å². The van der Waals surface area contributed by atoms with Crippen molar-refractivity contribution in [3.8, 4) is 0 Å². The summed E-state index contributed by atoms with van der Waals surface area (Å²) in [5, 5.41) is 3.53. The zero-order valence-electron chi connectivity index (χ0n) is 13.5. The van der Waals surface area contributed by atoms with Crippen LogP contribution in [0.3, 0.4) is 0 Å². The number of hydrogen-bond donors (Lipinski definition) is 1. The van der Waals surface area contributed by atoms with Crippen LogP contribution in [-0.4, -0.2) is 24.1 Å². The molecule has 0 saturated carbocycles. The molecule has 0 radical (unpaired) electrons. The maximum absolute atomic E-state index is 4.82. The molecular formula is C17H27N3. The van der Waals surface area contributed by atoms with Crippen LogP contribution in [0.5, 0.6) is 0 Å². The molecule has 0 atom stereocenters. The highest BCUT2D eigenvalue weighted by Crippen LogP contribution is 2.25. The van der Waals surface area contributed by atoms with Crippen molar-refractivity contribution in [3.63, 3.8) is 0 Å². The van der Waals surface area contributed by atoms with E-state index < -0.39 is 0 Å². The smallest absolute Gasteiger partial charge is 0.133 e. The third kappa shape index (κ3) is 3.60. The number of hydrogen-bond acceptors (Lipinski definition) is 3. The first kappa shape index (κ1) is 15.0. The molecule has 1 N–H and O–H groups in total. The summed E-state index contributed by atoms with van der Waals surface area (Å²) in [6.45, 7) is 13.8. The number of anilines is 1. The first-order valence-corrected chi connectivity index (χ1v) is 7.58. The van der Waals surface area contributed by atoms with Crippen LogP contribution in [-0.2, 0) is 6.54 Å². The van der Waals surface area contributed by atoms with Gasteiger partial charge < -0.3 is 10.2 Å². The van der Waals surface area contributed by atoms with Crippen molar-refractivity contribution in [2.24, 2.45) is 0 Å². The predicted octanol–water partition coefficient (Wildman–Crippen LogP) is 3.35. The van der Waals surface area contributed by atoms with Gasteiger partial charge in [-0.05, 0) is 38.8 Å². The molecule has 0 bridgehead atoms. The van der Waals surface area contributed by atoms with E-state index in [-0.39, 0.29) is 0 Å². The van der Waals surface area contributed by atoms with E-state index in [1.807, 2.05) is 0 Å². The molecule has 0 spiro atoms. The minimum Gasteiger partial charge on any atom is -0.352 e. The van der Waals surface area contributed by atoms with Crippen molar-refractivity contribution < 1.29 is 0 Å². The minimum atomic E-state index is 0.493. The Morgan fingerprint density at radius 3 is 2.65 bits per heavy atom. The van der Waals surface area contributed by atoms with Gasteiger partial charge in [-0.2, -0.15) is 0 Å². The van der Waals surface area contributed by atoms with Crippen LogP contribution in [0, 0.1) is 13.8 Å². The first-order chi connectivity index (χ1) is 9.47. The molecule has 1 aromatic heterocycles. The van der Waals surface area contributed by atoms with E-state index in [4.69, 9.17) is 4.98 Å². The van der Waals surface area contributed by atoms with Crippen LogP contribution < -0.4 is 10.2 Å². The molecule has 1 aliphatic rings. The zero-order chi connectivity index (χ0) is 14.7. The molecule has 3 nitrogen and oxygen atoms in total. The van der Waals surface area contributed by atoms with Gasteiger partial charge in [0.15, 0.2) is 0 Å². The molecule has 1 aromatic rings.